The fraction of sp³-hybridized carbons (Fsp3) is 0.700. The lowest BCUT2D eigenvalue weighted by Crippen LogP contribution is -2.09. The van der Waals surface area contributed by atoms with Gasteiger partial charge in [0, 0.05) is 6.20 Å². The van der Waals surface area contributed by atoms with Gasteiger partial charge in [0.1, 0.15) is 12.2 Å². The second-order valence-electron chi connectivity index (χ2n) is 3.57. The van der Waals surface area contributed by atoms with E-state index in [9.17, 15) is 8.78 Å². The van der Waals surface area contributed by atoms with E-state index in [0.717, 1.165) is 11.1 Å². The van der Waals surface area contributed by atoms with Crippen LogP contribution in [0.4, 0.5) is 8.78 Å². The van der Waals surface area contributed by atoms with Crippen LogP contribution >= 0.6 is 11.6 Å². The Morgan fingerprint density at radius 2 is 2.25 bits per heavy atom. The van der Waals surface area contributed by atoms with Crippen LogP contribution in [0.25, 0.3) is 0 Å². The number of ether oxygens (including phenoxy) is 1. The van der Waals surface area contributed by atoms with Gasteiger partial charge < -0.3 is 4.74 Å². The van der Waals surface area contributed by atoms with Crippen molar-refractivity contribution < 1.29 is 13.5 Å². The molecule has 3 nitrogen and oxygen atoms in total. The maximum Gasteiger partial charge on any atom is 0.257 e. The first-order valence-corrected chi connectivity index (χ1v) is 5.52. The summed E-state index contributed by atoms with van der Waals surface area (Å²) in [5.41, 5.74) is 0.502. The molecule has 0 N–H and O–H groups in total. The van der Waals surface area contributed by atoms with Crippen molar-refractivity contribution in [3.63, 3.8) is 0 Å². The van der Waals surface area contributed by atoms with Crippen LogP contribution in [0.1, 0.15) is 26.0 Å². The summed E-state index contributed by atoms with van der Waals surface area (Å²) in [7, 11) is 0. The minimum Gasteiger partial charge on any atom is -0.372 e. The molecule has 16 heavy (non-hydrogen) atoms. The van der Waals surface area contributed by atoms with E-state index in [4.69, 9.17) is 16.3 Å². The molecule has 0 radical (unpaired) electrons. The molecule has 0 aromatic carbocycles. The van der Waals surface area contributed by atoms with Gasteiger partial charge in [-0.15, -0.1) is 0 Å². The average Bonchev–Trinajstić information content (AvgIpc) is 2.54. The predicted octanol–water partition coefficient (Wildman–Crippen LogP) is 3.12. The van der Waals surface area contributed by atoms with Crippen molar-refractivity contribution in [2.75, 3.05) is 0 Å². The molecule has 1 unspecified atom stereocenters. The summed E-state index contributed by atoms with van der Waals surface area (Å²) in [4.78, 5) is 0. The standard InChI is InChI=1S/C10H15ClF2N2O/c1-3-7(2)16-6-9-8(11)4-15(14-9)5-10(12)13/h4,7,10H,3,5-6H2,1-2H3. The summed E-state index contributed by atoms with van der Waals surface area (Å²) < 4.78 is 30.8. The number of alkyl halides is 2. The number of hydrogen-bond donors (Lipinski definition) is 0. The maximum atomic E-state index is 12.1. The van der Waals surface area contributed by atoms with E-state index in [-0.39, 0.29) is 12.7 Å². The average molecular weight is 253 g/mol. The number of rotatable bonds is 6. The van der Waals surface area contributed by atoms with Crippen LogP contribution in [-0.2, 0) is 17.9 Å². The summed E-state index contributed by atoms with van der Waals surface area (Å²) in [5.74, 6) is 0. The van der Waals surface area contributed by atoms with Crippen molar-refractivity contribution in [3.05, 3.63) is 16.9 Å². The molecular formula is C10H15ClF2N2O. The number of aromatic nitrogens is 2. The van der Waals surface area contributed by atoms with Crippen LogP contribution < -0.4 is 0 Å². The highest BCUT2D eigenvalue weighted by Gasteiger charge is 2.11. The predicted molar refractivity (Wildman–Crippen MR) is 57.8 cm³/mol. The lowest BCUT2D eigenvalue weighted by Gasteiger charge is -2.08. The normalized spacial score (nSPS) is 13.4. The zero-order valence-electron chi connectivity index (χ0n) is 9.29. The third-order valence-electron chi connectivity index (χ3n) is 2.19. The van der Waals surface area contributed by atoms with Crippen LogP contribution in [0.5, 0.6) is 0 Å². The van der Waals surface area contributed by atoms with Crippen molar-refractivity contribution in [1.29, 1.82) is 0 Å². The quantitative estimate of drug-likeness (QED) is 0.778. The molecule has 0 spiro atoms. The first-order valence-electron chi connectivity index (χ1n) is 5.14. The molecule has 0 aliphatic rings. The fourth-order valence-corrected chi connectivity index (χ4v) is 1.31. The minimum absolute atomic E-state index is 0.108. The Kier molecular flexibility index (Phi) is 5.15. The van der Waals surface area contributed by atoms with E-state index < -0.39 is 13.0 Å². The van der Waals surface area contributed by atoms with Gasteiger partial charge in [-0.3, -0.25) is 4.68 Å². The van der Waals surface area contributed by atoms with Gasteiger partial charge in [0.25, 0.3) is 6.43 Å². The first-order chi connectivity index (χ1) is 7.52. The van der Waals surface area contributed by atoms with Gasteiger partial charge in [0.15, 0.2) is 0 Å². The Hall–Kier alpha value is -0.680. The van der Waals surface area contributed by atoms with Crippen LogP contribution in [0.15, 0.2) is 6.20 Å². The van der Waals surface area contributed by atoms with Crippen LogP contribution in [0.2, 0.25) is 5.02 Å². The highest BCUT2D eigenvalue weighted by Crippen LogP contribution is 2.16. The summed E-state index contributed by atoms with van der Waals surface area (Å²) in [6, 6.07) is 0. The van der Waals surface area contributed by atoms with Gasteiger partial charge in [0.2, 0.25) is 0 Å². The number of halogens is 3. The Bertz CT molecular complexity index is 331. The van der Waals surface area contributed by atoms with E-state index in [2.05, 4.69) is 5.10 Å². The summed E-state index contributed by atoms with van der Waals surface area (Å²) in [6.07, 6.45) is -0.0473. The highest BCUT2D eigenvalue weighted by atomic mass is 35.5. The molecule has 0 saturated heterocycles. The largest absolute Gasteiger partial charge is 0.372 e. The molecule has 0 aliphatic heterocycles. The van der Waals surface area contributed by atoms with Gasteiger partial charge in [-0.05, 0) is 13.3 Å². The zero-order valence-corrected chi connectivity index (χ0v) is 10.0. The van der Waals surface area contributed by atoms with Crippen LogP contribution in [0, 0.1) is 0 Å². The van der Waals surface area contributed by atoms with Gasteiger partial charge >= 0.3 is 0 Å². The molecule has 0 saturated carbocycles. The topological polar surface area (TPSA) is 27.1 Å². The molecule has 1 heterocycles. The zero-order chi connectivity index (χ0) is 12.1. The number of hydrogen-bond acceptors (Lipinski definition) is 2. The molecule has 0 aliphatic carbocycles. The van der Waals surface area contributed by atoms with E-state index in [1.165, 1.54) is 6.20 Å². The minimum atomic E-state index is -2.43. The third-order valence-corrected chi connectivity index (χ3v) is 2.51. The maximum absolute atomic E-state index is 12.1. The van der Waals surface area contributed by atoms with Crippen molar-refractivity contribution in [2.24, 2.45) is 0 Å². The molecule has 0 amide bonds. The van der Waals surface area contributed by atoms with Gasteiger partial charge in [-0.25, -0.2) is 8.78 Å². The monoisotopic (exact) mass is 252 g/mol. The van der Waals surface area contributed by atoms with Crippen LogP contribution in [0.3, 0.4) is 0 Å². The SMILES string of the molecule is CCC(C)OCc1nn(CC(F)F)cc1Cl. The molecule has 1 aromatic rings. The smallest absolute Gasteiger partial charge is 0.257 e. The lowest BCUT2D eigenvalue weighted by atomic mass is 10.3. The van der Waals surface area contributed by atoms with Gasteiger partial charge in [-0.2, -0.15) is 5.10 Å². The lowest BCUT2D eigenvalue weighted by molar-refractivity contribution is 0.0482. The second kappa shape index (κ2) is 6.15. The molecule has 1 atom stereocenters. The Morgan fingerprint density at radius 3 is 2.81 bits per heavy atom. The van der Waals surface area contributed by atoms with Crippen molar-refractivity contribution in [1.82, 2.24) is 9.78 Å². The van der Waals surface area contributed by atoms with Crippen molar-refractivity contribution in [3.8, 4) is 0 Å². The Labute approximate surface area is 98.3 Å². The molecule has 92 valence electrons. The summed E-state index contributed by atoms with van der Waals surface area (Å²) in [5, 5.41) is 4.30. The van der Waals surface area contributed by atoms with Gasteiger partial charge in [0.05, 0.1) is 17.7 Å². The van der Waals surface area contributed by atoms with Gasteiger partial charge in [-0.1, -0.05) is 18.5 Å². The number of nitrogens with zero attached hydrogens (tertiary/aromatic N) is 2. The second-order valence-corrected chi connectivity index (χ2v) is 3.97. The Balaban J connectivity index is 2.56. The molecule has 1 rings (SSSR count). The first kappa shape index (κ1) is 13.4. The molecule has 6 heteroatoms. The molecule has 1 aromatic heterocycles. The molecular weight excluding hydrogens is 238 g/mol. The van der Waals surface area contributed by atoms with Crippen LogP contribution in [-0.4, -0.2) is 22.3 Å². The Morgan fingerprint density at radius 1 is 1.56 bits per heavy atom. The highest BCUT2D eigenvalue weighted by molar-refractivity contribution is 6.31. The summed E-state index contributed by atoms with van der Waals surface area (Å²) in [6.45, 7) is 3.75. The van der Waals surface area contributed by atoms with E-state index in [1.807, 2.05) is 13.8 Å². The van der Waals surface area contributed by atoms with E-state index >= 15 is 0 Å². The van der Waals surface area contributed by atoms with Crippen molar-refractivity contribution in [2.45, 2.75) is 45.9 Å². The van der Waals surface area contributed by atoms with E-state index in [1.54, 1.807) is 0 Å². The van der Waals surface area contributed by atoms with E-state index in [0.29, 0.717) is 10.7 Å². The van der Waals surface area contributed by atoms with Crippen molar-refractivity contribution >= 4 is 11.6 Å². The molecule has 0 fully saturated rings. The fourth-order valence-electron chi connectivity index (χ4n) is 1.11. The summed E-state index contributed by atoms with van der Waals surface area (Å²) >= 11 is 5.85. The molecule has 0 bridgehead atoms. The third kappa shape index (κ3) is 4.06.